The van der Waals surface area contributed by atoms with Gasteiger partial charge in [-0.1, -0.05) is 149 Å². The van der Waals surface area contributed by atoms with Crippen LogP contribution in [0.4, 0.5) is 5.82 Å². The molecule has 426 valence electrons. The number of nitrogens with two attached hydrogens (primary N) is 1. The third-order valence-corrected chi connectivity index (χ3v) is 13.6. The van der Waals surface area contributed by atoms with Gasteiger partial charge in [-0.15, -0.1) is 0 Å². The first-order valence-electron chi connectivity index (χ1n) is 26.1. The van der Waals surface area contributed by atoms with Crippen molar-refractivity contribution in [1.29, 1.82) is 0 Å². The number of aliphatic hydroxyl groups is 4. The normalized spacial score (nSPS) is 20.4. The monoisotopic (exact) mass is 1110 g/mol. The summed E-state index contributed by atoms with van der Waals surface area (Å²) >= 11 is 0. The summed E-state index contributed by atoms with van der Waals surface area (Å²) in [6.07, 6.45) is 39.5. The molecule has 0 amide bonds. The van der Waals surface area contributed by atoms with Crippen molar-refractivity contribution >= 4 is 33.4 Å². The molecule has 0 bridgehead atoms. The fourth-order valence-corrected chi connectivity index (χ4v) is 9.04. The number of aliphatic hydroxyl groups excluding tert-OH is 4. The van der Waals surface area contributed by atoms with Gasteiger partial charge in [0, 0.05) is 19.0 Å². The summed E-state index contributed by atoms with van der Waals surface area (Å²) in [5.41, 5.74) is 4.57. The number of hydrogen-bond donors (Lipinski definition) is 7. The number of esters is 2. The molecule has 2 unspecified atom stereocenters. The topological polar surface area (TPSA) is 306 Å². The Labute approximate surface area is 447 Å². The molecule has 1 aliphatic heterocycles. The molecule has 1 fully saturated rings. The molecule has 0 radical (unpaired) electrons. The van der Waals surface area contributed by atoms with E-state index in [1.54, 1.807) is 42.5 Å². The molecule has 20 nitrogen and oxygen atoms in total. The summed E-state index contributed by atoms with van der Waals surface area (Å²) in [6, 6.07) is 1.23. The van der Waals surface area contributed by atoms with Crippen LogP contribution in [0.15, 0.2) is 126 Å². The standard InChI is InChI=1S/C54H83N3O17P2/c1-3-5-7-8-9-10-11-12-13-14-15-16-17-18-19-24-32-38-50(61)72-46(41-69-49(60)37-31-23-21-20-22-28-34-45(59)36-30-26-25-29-35-44(58)33-27-6-4-2)42-70-75(65,66)74-76(67,68)71-43-47-51(62)52(63)53(73-47)57-40-39-48(55)56-54(57)64/h6,9-10,12-13,15-16,21-23,25-30,35-36,39-40,44-47,51-53,58-59,62-63H,3-5,7-8,11,14,17-20,24,31-34,37-38,41-43H2,1-2H3,(H,65,66)(H,67,68)(H2,55,56,64)/b10-9-,13-12-,16-15-,23-21-,26-25-,27-6-,28-22-,35-29+,36-30+/t44-,45+,46-,47-,51-,52-,53-/m1/s1. The predicted octanol–water partition coefficient (Wildman–Crippen LogP) is 8.94. The van der Waals surface area contributed by atoms with E-state index in [2.05, 4.69) is 52.7 Å². The highest BCUT2D eigenvalue weighted by Crippen LogP contribution is 2.60. The van der Waals surface area contributed by atoms with Gasteiger partial charge in [-0.25, -0.2) is 13.9 Å². The number of nitrogens with zero attached hydrogens (tertiary/aromatic N) is 2. The second-order valence-corrected chi connectivity index (χ2v) is 20.7. The van der Waals surface area contributed by atoms with Crippen LogP contribution in [0, 0.1) is 0 Å². The number of nitrogen functional groups attached to an aromatic ring is 1. The maximum Gasteiger partial charge on any atom is 0.481 e. The second-order valence-electron chi connectivity index (χ2n) is 17.7. The number of aromatic nitrogens is 2. The molecular weight excluding hydrogens is 1020 g/mol. The average molecular weight is 1110 g/mol. The quantitative estimate of drug-likeness (QED) is 0.0106. The van der Waals surface area contributed by atoms with Crippen LogP contribution in [0.5, 0.6) is 0 Å². The Bertz CT molecular complexity index is 2240. The maximum absolute atomic E-state index is 12.9. The van der Waals surface area contributed by atoms with Crippen molar-refractivity contribution in [3.63, 3.8) is 0 Å². The van der Waals surface area contributed by atoms with Crippen LogP contribution in [0.1, 0.15) is 136 Å². The minimum atomic E-state index is -5.47. The highest BCUT2D eigenvalue weighted by molar-refractivity contribution is 7.61. The van der Waals surface area contributed by atoms with Crippen LogP contribution in [-0.4, -0.2) is 108 Å². The number of carbonyl (C=O) groups is 2. The Morgan fingerprint density at radius 2 is 1.28 bits per heavy atom. The molecule has 1 aromatic rings. The van der Waals surface area contributed by atoms with E-state index in [9.17, 15) is 53.7 Å². The van der Waals surface area contributed by atoms with E-state index >= 15 is 0 Å². The number of rotatable bonds is 41. The van der Waals surface area contributed by atoms with Crippen LogP contribution in [0.25, 0.3) is 0 Å². The van der Waals surface area contributed by atoms with Crippen molar-refractivity contribution in [1.82, 2.24) is 9.55 Å². The number of phosphoric ester groups is 2. The molecule has 0 saturated carbocycles. The lowest BCUT2D eigenvalue weighted by Gasteiger charge is -2.21. The largest absolute Gasteiger partial charge is 0.481 e. The van der Waals surface area contributed by atoms with Crippen molar-refractivity contribution in [2.45, 2.75) is 172 Å². The molecule has 1 aromatic heterocycles. The minimum absolute atomic E-state index is 0.0203. The van der Waals surface area contributed by atoms with Gasteiger partial charge in [-0.05, 0) is 83.1 Å². The first-order chi connectivity index (χ1) is 36.5. The molecule has 9 atom stereocenters. The van der Waals surface area contributed by atoms with Gasteiger partial charge in [-0.2, -0.15) is 9.29 Å². The molecular formula is C54H83N3O17P2. The number of ether oxygens (including phenoxy) is 3. The van der Waals surface area contributed by atoms with Gasteiger partial charge in [0.05, 0.1) is 25.4 Å². The lowest BCUT2D eigenvalue weighted by molar-refractivity contribution is -0.161. The van der Waals surface area contributed by atoms with Crippen molar-refractivity contribution in [2.75, 3.05) is 25.6 Å². The second kappa shape index (κ2) is 40.5. The highest BCUT2D eigenvalue weighted by atomic mass is 31.3. The Morgan fingerprint density at radius 3 is 1.89 bits per heavy atom. The number of allylic oxidation sites excluding steroid dienone is 14. The fraction of sp³-hybridized carbons (Fsp3) is 0.556. The van der Waals surface area contributed by atoms with Crippen LogP contribution >= 0.6 is 15.6 Å². The SMILES string of the molecule is CC/C=C\C[C@@H](O)/C=C/C=C\C=C\[C@@H](O)C/C=C\C/C=C\CCC(=O)OC[C@H](COP(=O)(O)OP(=O)(O)OC[C@H]1O[C@@H](n2ccc(N)nc2=O)[C@H](O)[C@@H]1O)OC(=O)CCCCCC/C=C\C/C=C\C/C=C\CCCCC. The van der Waals surface area contributed by atoms with Crippen LogP contribution in [0.3, 0.4) is 0 Å². The summed E-state index contributed by atoms with van der Waals surface area (Å²) in [5, 5.41) is 41.0. The first kappa shape index (κ1) is 67.4. The van der Waals surface area contributed by atoms with Gasteiger partial charge in [-0.3, -0.25) is 23.2 Å². The Balaban J connectivity index is 1.87. The smallest absolute Gasteiger partial charge is 0.462 e. The minimum Gasteiger partial charge on any atom is -0.462 e. The van der Waals surface area contributed by atoms with Crippen molar-refractivity contribution in [3.8, 4) is 0 Å². The molecule has 22 heteroatoms. The van der Waals surface area contributed by atoms with Gasteiger partial charge in [0.25, 0.3) is 0 Å². The van der Waals surface area contributed by atoms with E-state index in [4.69, 9.17) is 29.0 Å². The van der Waals surface area contributed by atoms with E-state index in [0.29, 0.717) is 32.1 Å². The van der Waals surface area contributed by atoms with E-state index in [1.807, 2.05) is 37.3 Å². The van der Waals surface area contributed by atoms with Gasteiger partial charge in [0.2, 0.25) is 0 Å². The third kappa shape index (κ3) is 32.8. The van der Waals surface area contributed by atoms with Gasteiger partial charge < -0.3 is 50.2 Å². The maximum atomic E-state index is 12.9. The van der Waals surface area contributed by atoms with Crippen molar-refractivity contribution < 1.29 is 76.5 Å². The Morgan fingerprint density at radius 1 is 0.711 bits per heavy atom. The van der Waals surface area contributed by atoms with Crippen LogP contribution in [0.2, 0.25) is 0 Å². The molecule has 0 aromatic carbocycles. The third-order valence-electron chi connectivity index (χ3n) is 11.0. The van der Waals surface area contributed by atoms with Crippen molar-refractivity contribution in [2.24, 2.45) is 0 Å². The van der Waals surface area contributed by atoms with Gasteiger partial charge in [0.15, 0.2) is 12.3 Å². The Hall–Kier alpha value is -4.66. The lowest BCUT2D eigenvalue weighted by Crippen LogP contribution is -2.36. The van der Waals surface area contributed by atoms with Crippen molar-refractivity contribution in [3.05, 3.63) is 132 Å². The zero-order valence-corrected chi connectivity index (χ0v) is 45.8. The number of anilines is 1. The highest BCUT2D eigenvalue weighted by Gasteiger charge is 2.46. The summed E-state index contributed by atoms with van der Waals surface area (Å²) < 4.78 is 56.6. The number of phosphoric acid groups is 2. The molecule has 0 aliphatic carbocycles. The molecule has 2 rings (SSSR count). The van der Waals surface area contributed by atoms with Gasteiger partial charge >= 0.3 is 33.3 Å². The number of hydrogen-bond acceptors (Lipinski definition) is 17. The van der Waals surface area contributed by atoms with E-state index in [0.717, 1.165) is 62.1 Å². The zero-order chi connectivity index (χ0) is 55.9. The van der Waals surface area contributed by atoms with E-state index < -0.39 is 95.9 Å². The molecule has 8 N–H and O–H groups in total. The van der Waals surface area contributed by atoms with E-state index in [-0.39, 0.29) is 18.7 Å². The zero-order valence-electron chi connectivity index (χ0n) is 44.0. The molecule has 1 saturated heterocycles. The molecule has 76 heavy (non-hydrogen) atoms. The Kier molecular flexibility index (Phi) is 36.0. The number of unbranched alkanes of at least 4 members (excludes halogenated alkanes) is 7. The summed E-state index contributed by atoms with van der Waals surface area (Å²) in [6.45, 7) is 1.73. The molecule has 2 heterocycles. The summed E-state index contributed by atoms with van der Waals surface area (Å²) in [5.74, 6) is -1.51. The van der Waals surface area contributed by atoms with Crippen LogP contribution in [-0.2, 0) is 46.3 Å². The van der Waals surface area contributed by atoms with Gasteiger partial charge in [0.1, 0.15) is 30.7 Å². The average Bonchev–Trinajstić information content (AvgIpc) is 3.65. The molecule has 1 aliphatic rings. The number of carbonyl (C=O) groups excluding carboxylic acids is 2. The lowest BCUT2D eigenvalue weighted by atomic mass is 10.1. The first-order valence-corrected chi connectivity index (χ1v) is 29.1. The van der Waals surface area contributed by atoms with E-state index in [1.165, 1.54) is 25.3 Å². The summed E-state index contributed by atoms with van der Waals surface area (Å²) in [4.78, 5) is 61.9. The summed E-state index contributed by atoms with van der Waals surface area (Å²) in [7, 11) is -10.9. The predicted molar refractivity (Wildman–Crippen MR) is 291 cm³/mol. The van der Waals surface area contributed by atoms with Crippen LogP contribution < -0.4 is 11.4 Å². The molecule has 0 spiro atoms. The fourth-order valence-electron chi connectivity index (χ4n) is 6.93.